The Morgan fingerprint density at radius 3 is 2.52 bits per heavy atom. The first-order valence-corrected chi connectivity index (χ1v) is 9.41. The van der Waals surface area contributed by atoms with Crippen molar-refractivity contribution in [3.63, 3.8) is 0 Å². The Bertz CT molecular complexity index is 588. The number of carbonyl (C=O) groups excluding carboxylic acids is 2. The zero-order valence-electron chi connectivity index (χ0n) is 12.5. The van der Waals surface area contributed by atoms with Gasteiger partial charge in [0, 0.05) is 6.54 Å². The van der Waals surface area contributed by atoms with Gasteiger partial charge in [0.15, 0.2) is 9.84 Å². The van der Waals surface area contributed by atoms with E-state index >= 15 is 0 Å². The second-order valence-electron chi connectivity index (χ2n) is 6.77. The van der Waals surface area contributed by atoms with Crippen molar-refractivity contribution in [1.82, 2.24) is 9.80 Å². The van der Waals surface area contributed by atoms with Gasteiger partial charge in [0.1, 0.15) is 12.1 Å². The molecular formula is C14H22N2O4S. The van der Waals surface area contributed by atoms with E-state index in [1.807, 2.05) is 0 Å². The molecule has 3 saturated heterocycles. The normalized spacial score (nSPS) is 39.5. The lowest BCUT2D eigenvalue weighted by molar-refractivity contribution is -0.168. The highest BCUT2D eigenvalue weighted by Crippen LogP contribution is 2.36. The van der Waals surface area contributed by atoms with Gasteiger partial charge in [-0.05, 0) is 39.5 Å². The Labute approximate surface area is 125 Å². The molecule has 3 atom stereocenters. The average Bonchev–Trinajstić information content (AvgIpc) is 2.71. The SMILES string of the molecule is CC1C(=O)N2CCCCC2C(=O)N1C1(C)CCS(=O)(=O)C1. The van der Waals surface area contributed by atoms with Crippen LogP contribution in [-0.4, -0.2) is 65.7 Å². The first-order valence-electron chi connectivity index (χ1n) is 7.59. The van der Waals surface area contributed by atoms with Crippen molar-refractivity contribution in [3.8, 4) is 0 Å². The van der Waals surface area contributed by atoms with Crippen molar-refractivity contribution < 1.29 is 18.0 Å². The van der Waals surface area contributed by atoms with E-state index in [1.165, 1.54) is 0 Å². The molecule has 118 valence electrons. The standard InChI is InChI=1S/C14H22N2O4S/c1-10-12(17)15-7-4-3-5-11(15)13(18)16(10)14(2)6-8-21(19,20)9-14/h10-11H,3-9H2,1-2H3. The number of rotatable bonds is 1. The van der Waals surface area contributed by atoms with Crippen molar-refractivity contribution in [1.29, 1.82) is 0 Å². The molecule has 0 bridgehead atoms. The Morgan fingerprint density at radius 2 is 1.90 bits per heavy atom. The van der Waals surface area contributed by atoms with Crippen LogP contribution in [0.4, 0.5) is 0 Å². The van der Waals surface area contributed by atoms with Crippen LogP contribution >= 0.6 is 0 Å². The van der Waals surface area contributed by atoms with E-state index < -0.39 is 21.4 Å². The molecule has 0 saturated carbocycles. The summed E-state index contributed by atoms with van der Waals surface area (Å²) >= 11 is 0. The first-order chi connectivity index (χ1) is 9.75. The third-order valence-corrected chi connectivity index (χ3v) is 7.01. The fourth-order valence-electron chi connectivity index (χ4n) is 4.07. The number of amides is 2. The van der Waals surface area contributed by atoms with Crippen molar-refractivity contribution in [3.05, 3.63) is 0 Å². The predicted octanol–water partition coefficient (Wildman–Crippen LogP) is 0.175. The highest BCUT2D eigenvalue weighted by molar-refractivity contribution is 7.91. The number of hydrogen-bond acceptors (Lipinski definition) is 4. The topological polar surface area (TPSA) is 74.8 Å². The van der Waals surface area contributed by atoms with Crippen LogP contribution in [0.25, 0.3) is 0 Å². The summed E-state index contributed by atoms with van der Waals surface area (Å²) in [6, 6.07) is -0.951. The molecule has 0 aromatic heterocycles. The molecule has 3 fully saturated rings. The summed E-state index contributed by atoms with van der Waals surface area (Å²) in [5.41, 5.74) is -0.742. The van der Waals surface area contributed by atoms with Crippen molar-refractivity contribution >= 4 is 21.7 Å². The number of nitrogens with zero attached hydrogens (tertiary/aromatic N) is 2. The molecule has 0 N–H and O–H groups in total. The monoisotopic (exact) mass is 314 g/mol. The van der Waals surface area contributed by atoms with Crippen molar-refractivity contribution in [2.75, 3.05) is 18.1 Å². The van der Waals surface area contributed by atoms with Gasteiger partial charge in [-0.3, -0.25) is 9.59 Å². The molecule has 3 rings (SSSR count). The van der Waals surface area contributed by atoms with Crippen LogP contribution in [0.15, 0.2) is 0 Å². The van der Waals surface area contributed by atoms with Gasteiger partial charge >= 0.3 is 0 Å². The molecule has 7 heteroatoms. The number of fused-ring (bicyclic) bond motifs is 1. The summed E-state index contributed by atoms with van der Waals surface area (Å²) in [5, 5.41) is 0. The average molecular weight is 314 g/mol. The Hall–Kier alpha value is -1.11. The third-order valence-electron chi connectivity index (χ3n) is 5.12. The van der Waals surface area contributed by atoms with Crippen LogP contribution in [0.2, 0.25) is 0 Å². The van der Waals surface area contributed by atoms with Gasteiger partial charge < -0.3 is 9.80 Å². The summed E-state index contributed by atoms with van der Waals surface area (Å²) < 4.78 is 23.7. The summed E-state index contributed by atoms with van der Waals surface area (Å²) in [7, 11) is -3.12. The predicted molar refractivity (Wildman–Crippen MR) is 77.3 cm³/mol. The van der Waals surface area contributed by atoms with Crippen molar-refractivity contribution in [2.24, 2.45) is 0 Å². The van der Waals surface area contributed by atoms with E-state index in [-0.39, 0.29) is 29.4 Å². The number of sulfone groups is 1. The third kappa shape index (κ3) is 2.25. The molecule has 0 aromatic carbocycles. The lowest BCUT2D eigenvalue weighted by Gasteiger charge is -2.51. The van der Waals surface area contributed by atoms with Crippen LogP contribution in [0.1, 0.15) is 39.5 Å². The first kappa shape index (κ1) is 14.8. The zero-order valence-corrected chi connectivity index (χ0v) is 13.4. The minimum absolute atomic E-state index is 0.0317. The fourth-order valence-corrected chi connectivity index (χ4v) is 6.20. The number of carbonyl (C=O) groups is 2. The molecule has 21 heavy (non-hydrogen) atoms. The van der Waals surface area contributed by atoms with Gasteiger partial charge in [-0.25, -0.2) is 8.42 Å². The quantitative estimate of drug-likeness (QED) is 0.692. The molecule has 0 spiro atoms. The number of hydrogen-bond donors (Lipinski definition) is 0. The largest absolute Gasteiger partial charge is 0.329 e. The van der Waals surface area contributed by atoms with Crippen molar-refractivity contribution in [2.45, 2.75) is 57.2 Å². The highest BCUT2D eigenvalue weighted by Gasteiger charge is 2.54. The van der Waals surface area contributed by atoms with Crippen LogP contribution in [0.5, 0.6) is 0 Å². The minimum atomic E-state index is -3.12. The Morgan fingerprint density at radius 1 is 1.19 bits per heavy atom. The van der Waals surface area contributed by atoms with Crippen LogP contribution in [0.3, 0.4) is 0 Å². The maximum absolute atomic E-state index is 12.9. The molecule has 3 unspecified atom stereocenters. The maximum Gasteiger partial charge on any atom is 0.246 e. The smallest absolute Gasteiger partial charge is 0.246 e. The summed E-state index contributed by atoms with van der Waals surface area (Å²) in [4.78, 5) is 28.7. The number of piperidine rings is 1. The molecule has 3 aliphatic heterocycles. The van der Waals surface area contributed by atoms with E-state index in [4.69, 9.17) is 0 Å². The minimum Gasteiger partial charge on any atom is -0.329 e. The molecule has 3 heterocycles. The van der Waals surface area contributed by atoms with Gasteiger partial charge in [-0.2, -0.15) is 0 Å². The molecule has 0 aromatic rings. The van der Waals surface area contributed by atoms with E-state index in [0.29, 0.717) is 19.4 Å². The van der Waals surface area contributed by atoms with E-state index in [1.54, 1.807) is 23.6 Å². The Balaban J connectivity index is 1.95. The Kier molecular flexibility index (Phi) is 3.31. The molecule has 6 nitrogen and oxygen atoms in total. The number of piperazine rings is 1. The second-order valence-corrected chi connectivity index (χ2v) is 8.95. The molecule has 0 aliphatic carbocycles. The maximum atomic E-state index is 12.9. The zero-order chi connectivity index (χ0) is 15.4. The van der Waals surface area contributed by atoms with Crippen LogP contribution in [0, 0.1) is 0 Å². The van der Waals surface area contributed by atoms with E-state index in [0.717, 1.165) is 12.8 Å². The fraction of sp³-hybridized carbons (Fsp3) is 0.857. The molecule has 3 aliphatic rings. The lowest BCUT2D eigenvalue weighted by Crippen LogP contribution is -2.70. The summed E-state index contributed by atoms with van der Waals surface area (Å²) in [6.07, 6.45) is 2.99. The highest BCUT2D eigenvalue weighted by atomic mass is 32.2. The van der Waals surface area contributed by atoms with Gasteiger partial charge in [0.25, 0.3) is 0 Å². The van der Waals surface area contributed by atoms with Gasteiger partial charge in [-0.1, -0.05) is 0 Å². The lowest BCUT2D eigenvalue weighted by atomic mass is 9.89. The van der Waals surface area contributed by atoms with E-state index in [9.17, 15) is 18.0 Å². The van der Waals surface area contributed by atoms with Gasteiger partial charge in [0.2, 0.25) is 11.8 Å². The van der Waals surface area contributed by atoms with E-state index in [2.05, 4.69) is 0 Å². The molecular weight excluding hydrogens is 292 g/mol. The molecule has 0 radical (unpaired) electrons. The van der Waals surface area contributed by atoms with Crippen LogP contribution in [-0.2, 0) is 19.4 Å². The van der Waals surface area contributed by atoms with Gasteiger partial charge in [0.05, 0.1) is 17.0 Å². The molecule has 2 amide bonds. The van der Waals surface area contributed by atoms with Crippen LogP contribution < -0.4 is 0 Å². The summed E-state index contributed by atoms with van der Waals surface area (Å²) in [6.45, 7) is 4.17. The van der Waals surface area contributed by atoms with Gasteiger partial charge in [-0.15, -0.1) is 0 Å². The second kappa shape index (κ2) is 4.69. The summed E-state index contributed by atoms with van der Waals surface area (Å²) in [5.74, 6) is -0.0372.